The minimum atomic E-state index is -1.92. The highest BCUT2D eigenvalue weighted by molar-refractivity contribution is 5.88. The second-order valence-corrected chi connectivity index (χ2v) is 10.3. The number of rotatable bonds is 7. The van der Waals surface area contributed by atoms with E-state index in [1.165, 1.54) is 44.4 Å². The topological polar surface area (TPSA) is 238 Å². The quantitative estimate of drug-likeness (QED) is 0.159. The molecule has 8 N–H and O–H groups in total. The maximum absolute atomic E-state index is 13.7. The lowest BCUT2D eigenvalue weighted by molar-refractivity contribution is -0.318. The van der Waals surface area contributed by atoms with Crippen LogP contribution < -0.4 is 14.9 Å². The summed E-state index contributed by atoms with van der Waals surface area (Å²) < 4.78 is 33.3. The van der Waals surface area contributed by atoms with E-state index in [1.54, 1.807) is 6.07 Å². The van der Waals surface area contributed by atoms with Gasteiger partial charge in [-0.2, -0.15) is 0 Å². The lowest BCUT2D eigenvalue weighted by Gasteiger charge is -2.42. The average Bonchev–Trinajstić information content (AvgIpc) is 2.99. The van der Waals surface area contributed by atoms with Gasteiger partial charge in [0.15, 0.2) is 12.1 Å². The van der Waals surface area contributed by atoms with Crippen molar-refractivity contribution in [1.82, 2.24) is 0 Å². The van der Waals surface area contributed by atoms with E-state index in [2.05, 4.69) is 0 Å². The summed E-state index contributed by atoms with van der Waals surface area (Å²) in [5, 5.41) is 82.8. The maximum atomic E-state index is 13.7. The van der Waals surface area contributed by atoms with Crippen molar-refractivity contribution in [2.24, 2.45) is 0 Å². The highest BCUT2D eigenvalue weighted by atomic mass is 16.7. The molecule has 15 nitrogen and oxygen atoms in total. The normalized spacial score (nSPS) is 32.9. The predicted molar refractivity (Wildman–Crippen MR) is 143 cm³/mol. The number of benzene rings is 2. The summed E-state index contributed by atoms with van der Waals surface area (Å²) in [7, 11) is 1.34. The zero-order valence-corrected chi connectivity index (χ0v) is 22.9. The molecule has 43 heavy (non-hydrogen) atoms. The van der Waals surface area contributed by atoms with E-state index in [4.69, 9.17) is 28.1 Å². The monoisotopic (exact) mass is 608 g/mol. The number of aliphatic hydroxyl groups excluding tert-OH is 6. The van der Waals surface area contributed by atoms with E-state index in [0.29, 0.717) is 0 Å². The van der Waals surface area contributed by atoms with E-state index in [1.807, 2.05) is 0 Å². The van der Waals surface area contributed by atoms with Crippen molar-refractivity contribution in [2.45, 2.75) is 68.3 Å². The summed E-state index contributed by atoms with van der Waals surface area (Å²) in [5.41, 5.74) is -1.04. The summed E-state index contributed by atoms with van der Waals surface area (Å²) in [6.07, 6.45) is -15.8. The molecule has 234 valence electrons. The van der Waals surface area contributed by atoms with Gasteiger partial charge in [-0.1, -0.05) is 12.1 Å². The van der Waals surface area contributed by atoms with Gasteiger partial charge in [0, 0.05) is 12.1 Å². The van der Waals surface area contributed by atoms with Gasteiger partial charge in [-0.25, -0.2) is 0 Å². The molecule has 2 aromatic carbocycles. The van der Waals surface area contributed by atoms with Crippen LogP contribution in [0.1, 0.15) is 6.92 Å². The molecule has 3 heterocycles. The molecule has 0 radical (unpaired) electrons. The molecule has 0 bridgehead atoms. The highest BCUT2D eigenvalue weighted by Gasteiger charge is 2.48. The standard InChI is InChI=1S/C28H32O15/c1-10-18(31)21(34)23(36)27(40-10)39-9-16-19(32)22(35)24(37)28(42-16)43-26-20(33)17-14(30)7-11(38-2)8-15(17)41-25(26)12-5-3-4-6-13(12)29/h3-8,10,16,18-19,21-24,27-32,34-37H,9H2,1-2H3/t10-,16+,18-,19+,21+,22-,23+,24+,27+,28-/m0/s1. The Morgan fingerprint density at radius 3 is 2.19 bits per heavy atom. The Bertz CT molecular complexity index is 1510. The molecule has 0 aliphatic carbocycles. The Hall–Kier alpha value is -3.51. The lowest BCUT2D eigenvalue weighted by Crippen LogP contribution is -2.61. The number of ether oxygens (including phenoxy) is 5. The minimum Gasteiger partial charge on any atom is -0.507 e. The average molecular weight is 609 g/mol. The lowest BCUT2D eigenvalue weighted by atomic mass is 9.98. The fraction of sp³-hybridized carbons (Fsp3) is 0.464. The Labute approximate surface area is 243 Å². The Morgan fingerprint density at radius 2 is 1.49 bits per heavy atom. The molecular weight excluding hydrogens is 576 g/mol. The third-order valence-corrected chi connectivity index (χ3v) is 7.43. The molecule has 0 unspecified atom stereocenters. The molecule has 2 fully saturated rings. The minimum absolute atomic E-state index is 0.00266. The summed E-state index contributed by atoms with van der Waals surface area (Å²) in [4.78, 5) is 13.7. The van der Waals surface area contributed by atoms with E-state index in [9.17, 15) is 45.6 Å². The molecule has 10 atom stereocenters. The van der Waals surface area contributed by atoms with Crippen molar-refractivity contribution in [2.75, 3.05) is 13.7 Å². The SMILES string of the molecule is COc1cc(O)c2c(=O)c(O[C@@H]3O[C@H](CO[C@@H]4O[C@@H](C)[C@H](O)[C@@H](O)[C@H]4O)[C@@H](O)[C@H](O)[C@H]3O)c(-c3ccccc3O)oc2c1. The molecule has 15 heteroatoms. The van der Waals surface area contributed by atoms with Gasteiger partial charge in [0.05, 0.1) is 25.4 Å². The molecule has 2 saturated heterocycles. The van der Waals surface area contributed by atoms with Crippen molar-refractivity contribution >= 4 is 11.0 Å². The van der Waals surface area contributed by atoms with Gasteiger partial charge in [-0.3, -0.25) is 4.79 Å². The zero-order valence-electron chi connectivity index (χ0n) is 22.9. The first-order valence-corrected chi connectivity index (χ1v) is 13.3. The van der Waals surface area contributed by atoms with Crippen LogP contribution in [0.4, 0.5) is 0 Å². The van der Waals surface area contributed by atoms with Gasteiger partial charge in [0.25, 0.3) is 0 Å². The van der Waals surface area contributed by atoms with Gasteiger partial charge in [0.1, 0.15) is 70.9 Å². The van der Waals surface area contributed by atoms with Gasteiger partial charge in [-0.05, 0) is 19.1 Å². The van der Waals surface area contributed by atoms with Crippen LogP contribution in [0.25, 0.3) is 22.3 Å². The van der Waals surface area contributed by atoms with Gasteiger partial charge >= 0.3 is 0 Å². The zero-order chi connectivity index (χ0) is 31.2. The number of para-hydroxylation sites is 1. The fourth-order valence-corrected chi connectivity index (χ4v) is 4.93. The van der Waals surface area contributed by atoms with Crippen molar-refractivity contribution < 1.29 is 69.0 Å². The second-order valence-electron chi connectivity index (χ2n) is 10.3. The Morgan fingerprint density at radius 1 is 0.814 bits per heavy atom. The molecule has 3 aromatic rings. The van der Waals surface area contributed by atoms with Crippen LogP contribution >= 0.6 is 0 Å². The van der Waals surface area contributed by atoms with E-state index in [0.717, 1.165) is 0 Å². The van der Waals surface area contributed by atoms with Gasteiger partial charge in [-0.15, -0.1) is 0 Å². The second kappa shape index (κ2) is 12.2. The first kappa shape index (κ1) is 30.9. The van der Waals surface area contributed by atoms with E-state index < -0.39 is 84.9 Å². The molecule has 2 aliphatic rings. The van der Waals surface area contributed by atoms with Crippen LogP contribution in [0.3, 0.4) is 0 Å². The summed E-state index contributed by atoms with van der Waals surface area (Å²) in [6, 6.07) is 8.31. The Balaban J connectivity index is 1.48. The number of phenolic OH excluding ortho intramolecular Hbond substituents is 2. The number of methoxy groups -OCH3 is 1. The summed E-state index contributed by atoms with van der Waals surface area (Å²) >= 11 is 0. The largest absolute Gasteiger partial charge is 0.507 e. The van der Waals surface area contributed by atoms with Crippen LogP contribution in [-0.2, 0) is 14.2 Å². The number of phenols is 2. The van der Waals surface area contributed by atoms with Crippen molar-refractivity contribution in [3.8, 4) is 34.3 Å². The number of hydrogen-bond acceptors (Lipinski definition) is 15. The Kier molecular flexibility index (Phi) is 8.80. The smallest absolute Gasteiger partial charge is 0.239 e. The van der Waals surface area contributed by atoms with Crippen molar-refractivity contribution in [3.63, 3.8) is 0 Å². The van der Waals surface area contributed by atoms with Crippen LogP contribution in [0.2, 0.25) is 0 Å². The third-order valence-electron chi connectivity index (χ3n) is 7.43. The fourth-order valence-electron chi connectivity index (χ4n) is 4.93. The van der Waals surface area contributed by atoms with Crippen LogP contribution in [0, 0.1) is 0 Å². The van der Waals surface area contributed by atoms with E-state index in [-0.39, 0.29) is 33.8 Å². The molecule has 1 aromatic heterocycles. The molecule has 0 amide bonds. The molecule has 0 saturated carbocycles. The van der Waals surface area contributed by atoms with Crippen LogP contribution in [-0.4, -0.2) is 116 Å². The molecule has 0 spiro atoms. The first-order valence-electron chi connectivity index (χ1n) is 13.3. The molecule has 5 rings (SSSR count). The summed E-state index contributed by atoms with van der Waals surface area (Å²) in [6.45, 7) is 0.874. The maximum Gasteiger partial charge on any atom is 0.239 e. The summed E-state index contributed by atoms with van der Waals surface area (Å²) in [5.74, 6) is -1.58. The van der Waals surface area contributed by atoms with Crippen LogP contribution in [0.15, 0.2) is 45.6 Å². The van der Waals surface area contributed by atoms with Crippen molar-refractivity contribution in [1.29, 1.82) is 0 Å². The predicted octanol–water partition coefficient (Wildman–Crippen LogP) is -1.09. The van der Waals surface area contributed by atoms with Crippen molar-refractivity contribution in [3.05, 3.63) is 46.6 Å². The number of hydrogen-bond donors (Lipinski definition) is 8. The third kappa shape index (κ3) is 5.74. The first-order chi connectivity index (χ1) is 20.4. The van der Waals surface area contributed by atoms with Gasteiger partial charge in [0.2, 0.25) is 17.5 Å². The van der Waals surface area contributed by atoms with Gasteiger partial charge < -0.3 is 69.0 Å². The van der Waals surface area contributed by atoms with Crippen LogP contribution in [0.5, 0.6) is 23.0 Å². The number of aliphatic hydroxyl groups is 6. The van der Waals surface area contributed by atoms with E-state index >= 15 is 0 Å². The number of fused-ring (bicyclic) bond motifs is 1. The highest BCUT2D eigenvalue weighted by Crippen LogP contribution is 2.40. The number of aromatic hydroxyl groups is 2. The molecular formula is C28H32O15. The molecule has 2 aliphatic heterocycles.